The number of carbonyl (C=O) groups excluding carboxylic acids is 1. The Bertz CT molecular complexity index is 1230. The molecule has 0 saturated heterocycles. The quantitative estimate of drug-likeness (QED) is 0.511. The van der Waals surface area contributed by atoms with Crippen LogP contribution in [0.25, 0.3) is 16.4 Å². The van der Waals surface area contributed by atoms with Crippen molar-refractivity contribution in [1.29, 1.82) is 0 Å². The van der Waals surface area contributed by atoms with Crippen molar-refractivity contribution in [2.75, 3.05) is 5.32 Å². The van der Waals surface area contributed by atoms with Gasteiger partial charge in [-0.3, -0.25) is 9.78 Å². The largest absolute Gasteiger partial charge is 0.320 e. The minimum absolute atomic E-state index is 0.243. The van der Waals surface area contributed by atoms with E-state index in [9.17, 15) is 4.79 Å². The minimum atomic E-state index is -0.243. The van der Waals surface area contributed by atoms with Crippen molar-refractivity contribution in [3.05, 3.63) is 60.0 Å². The standard InChI is InChI=1S/C21H19N7OS/c29-21(17-8-16(5-6-22-17)27-9-18(23-11-27)13-1-2-13)25-14-7-19(30-10-14)20-26-24-12-28(20)15-3-4-15/h5-13,15H,1-4H2,(H,25,29). The van der Waals surface area contributed by atoms with Gasteiger partial charge < -0.3 is 14.5 Å². The first-order valence-electron chi connectivity index (χ1n) is 10.0. The van der Waals surface area contributed by atoms with Crippen LogP contribution in [0.1, 0.15) is 53.8 Å². The summed E-state index contributed by atoms with van der Waals surface area (Å²) in [6, 6.07) is 6.10. The fourth-order valence-electron chi connectivity index (χ4n) is 3.53. The predicted molar refractivity (Wildman–Crippen MR) is 113 cm³/mol. The summed E-state index contributed by atoms with van der Waals surface area (Å²) in [5, 5.41) is 13.2. The van der Waals surface area contributed by atoms with Gasteiger partial charge in [0, 0.05) is 29.7 Å². The molecule has 150 valence electrons. The maximum absolute atomic E-state index is 12.8. The maximum Gasteiger partial charge on any atom is 0.274 e. The van der Waals surface area contributed by atoms with Gasteiger partial charge in [0.25, 0.3) is 5.91 Å². The number of anilines is 1. The van der Waals surface area contributed by atoms with Crippen LogP contribution in [-0.4, -0.2) is 35.2 Å². The molecule has 2 aliphatic rings. The Morgan fingerprint density at radius 3 is 2.87 bits per heavy atom. The van der Waals surface area contributed by atoms with Crippen LogP contribution in [0.5, 0.6) is 0 Å². The summed E-state index contributed by atoms with van der Waals surface area (Å²) in [6.45, 7) is 0. The molecule has 0 aliphatic heterocycles. The zero-order chi connectivity index (χ0) is 20.1. The number of nitrogens with one attached hydrogen (secondary N) is 1. The van der Waals surface area contributed by atoms with Crippen molar-refractivity contribution >= 4 is 22.9 Å². The molecule has 2 aliphatic carbocycles. The van der Waals surface area contributed by atoms with E-state index in [1.165, 1.54) is 25.7 Å². The summed E-state index contributed by atoms with van der Waals surface area (Å²) >= 11 is 1.54. The summed E-state index contributed by atoms with van der Waals surface area (Å²) < 4.78 is 4.06. The lowest BCUT2D eigenvalue weighted by Gasteiger charge is -2.06. The normalized spacial score (nSPS) is 16.0. The molecule has 0 bridgehead atoms. The highest BCUT2D eigenvalue weighted by Crippen LogP contribution is 2.40. The molecule has 0 radical (unpaired) electrons. The van der Waals surface area contributed by atoms with Gasteiger partial charge in [0.05, 0.1) is 28.3 Å². The summed E-state index contributed by atoms with van der Waals surface area (Å²) in [4.78, 5) is 22.5. The van der Waals surface area contributed by atoms with Crippen molar-refractivity contribution in [1.82, 2.24) is 29.3 Å². The average Bonchev–Trinajstić information content (AvgIpc) is 3.64. The number of thiophene rings is 1. The molecule has 1 N–H and O–H groups in total. The number of amides is 1. The van der Waals surface area contributed by atoms with Gasteiger partial charge in [0.2, 0.25) is 0 Å². The molecule has 1 amide bonds. The second-order valence-corrected chi connectivity index (χ2v) is 8.74. The molecular weight excluding hydrogens is 398 g/mol. The van der Waals surface area contributed by atoms with E-state index in [1.54, 1.807) is 36.3 Å². The van der Waals surface area contributed by atoms with Crippen LogP contribution in [-0.2, 0) is 0 Å². The first kappa shape index (κ1) is 17.5. The molecule has 4 heterocycles. The predicted octanol–water partition coefficient (Wildman–Crippen LogP) is 4.05. The lowest BCUT2D eigenvalue weighted by molar-refractivity contribution is 0.102. The van der Waals surface area contributed by atoms with E-state index in [0.29, 0.717) is 17.7 Å². The van der Waals surface area contributed by atoms with Gasteiger partial charge in [-0.25, -0.2) is 4.98 Å². The molecule has 0 unspecified atom stereocenters. The fraction of sp³-hybridized carbons (Fsp3) is 0.286. The molecule has 2 saturated carbocycles. The van der Waals surface area contributed by atoms with Crippen LogP contribution >= 0.6 is 11.3 Å². The van der Waals surface area contributed by atoms with Gasteiger partial charge >= 0.3 is 0 Å². The zero-order valence-corrected chi connectivity index (χ0v) is 16.9. The van der Waals surface area contributed by atoms with Gasteiger partial charge in [-0.05, 0) is 43.9 Å². The van der Waals surface area contributed by atoms with Crippen molar-refractivity contribution < 1.29 is 4.79 Å². The van der Waals surface area contributed by atoms with Gasteiger partial charge in [-0.2, -0.15) is 0 Å². The maximum atomic E-state index is 12.8. The summed E-state index contributed by atoms with van der Waals surface area (Å²) in [6.07, 6.45) is 12.0. The van der Waals surface area contributed by atoms with Crippen LogP contribution in [0, 0.1) is 0 Å². The highest BCUT2D eigenvalue weighted by molar-refractivity contribution is 7.14. The smallest absolute Gasteiger partial charge is 0.274 e. The van der Waals surface area contributed by atoms with E-state index in [-0.39, 0.29) is 5.91 Å². The molecule has 0 atom stereocenters. The first-order valence-corrected chi connectivity index (χ1v) is 10.9. The van der Waals surface area contributed by atoms with E-state index >= 15 is 0 Å². The summed E-state index contributed by atoms with van der Waals surface area (Å²) in [5.41, 5.74) is 3.08. The molecule has 4 aromatic rings. The zero-order valence-electron chi connectivity index (χ0n) is 16.1. The molecule has 4 aromatic heterocycles. The second-order valence-electron chi connectivity index (χ2n) is 7.83. The number of imidazole rings is 1. The van der Waals surface area contributed by atoms with E-state index in [0.717, 1.165) is 27.8 Å². The highest BCUT2D eigenvalue weighted by Gasteiger charge is 2.27. The Morgan fingerprint density at radius 2 is 2.03 bits per heavy atom. The molecule has 6 rings (SSSR count). The summed E-state index contributed by atoms with van der Waals surface area (Å²) in [5.74, 6) is 1.21. The van der Waals surface area contributed by atoms with Crippen molar-refractivity contribution in [3.8, 4) is 16.4 Å². The molecule has 30 heavy (non-hydrogen) atoms. The fourth-order valence-corrected chi connectivity index (χ4v) is 4.35. The minimum Gasteiger partial charge on any atom is -0.320 e. The van der Waals surface area contributed by atoms with Gasteiger partial charge in [0.1, 0.15) is 12.0 Å². The Kier molecular flexibility index (Phi) is 4.02. The molecule has 0 aromatic carbocycles. The topological polar surface area (TPSA) is 90.5 Å². The Morgan fingerprint density at radius 1 is 1.13 bits per heavy atom. The number of aromatic nitrogens is 6. The monoisotopic (exact) mass is 417 g/mol. The number of nitrogens with zero attached hydrogens (tertiary/aromatic N) is 6. The van der Waals surface area contributed by atoms with Gasteiger partial charge in [0.15, 0.2) is 5.82 Å². The van der Waals surface area contributed by atoms with E-state index < -0.39 is 0 Å². The van der Waals surface area contributed by atoms with Crippen LogP contribution in [0.15, 0.2) is 48.6 Å². The Labute approximate surface area is 176 Å². The Hall–Kier alpha value is -3.33. The SMILES string of the molecule is O=C(Nc1csc(-c2nncn2C2CC2)c1)c1cc(-n2cnc(C3CC3)c2)ccn1. The van der Waals surface area contributed by atoms with Crippen molar-refractivity contribution in [2.24, 2.45) is 0 Å². The number of pyridine rings is 1. The van der Waals surface area contributed by atoms with Crippen LogP contribution in [0.3, 0.4) is 0 Å². The Balaban J connectivity index is 1.20. The third-order valence-corrected chi connectivity index (χ3v) is 6.39. The number of hydrogen-bond donors (Lipinski definition) is 1. The first-order chi connectivity index (χ1) is 14.7. The van der Waals surface area contributed by atoms with E-state index in [1.807, 2.05) is 28.3 Å². The van der Waals surface area contributed by atoms with Crippen LogP contribution < -0.4 is 5.32 Å². The number of hydrogen-bond acceptors (Lipinski definition) is 6. The molecule has 0 spiro atoms. The van der Waals surface area contributed by atoms with Crippen LogP contribution in [0.2, 0.25) is 0 Å². The average molecular weight is 417 g/mol. The molecule has 8 nitrogen and oxygen atoms in total. The lowest BCUT2D eigenvalue weighted by atomic mass is 10.3. The van der Waals surface area contributed by atoms with Gasteiger partial charge in [-0.15, -0.1) is 21.5 Å². The lowest BCUT2D eigenvalue weighted by Crippen LogP contribution is -2.13. The van der Waals surface area contributed by atoms with Crippen molar-refractivity contribution in [2.45, 2.75) is 37.6 Å². The molecule has 9 heteroatoms. The number of carbonyl (C=O) groups is 1. The molecule has 2 fully saturated rings. The van der Waals surface area contributed by atoms with E-state index in [4.69, 9.17) is 0 Å². The summed E-state index contributed by atoms with van der Waals surface area (Å²) in [7, 11) is 0. The van der Waals surface area contributed by atoms with Crippen molar-refractivity contribution in [3.63, 3.8) is 0 Å². The van der Waals surface area contributed by atoms with Crippen LogP contribution in [0.4, 0.5) is 5.69 Å². The number of rotatable bonds is 6. The highest BCUT2D eigenvalue weighted by atomic mass is 32.1. The third kappa shape index (κ3) is 3.30. The van der Waals surface area contributed by atoms with Gasteiger partial charge in [-0.1, -0.05) is 0 Å². The third-order valence-electron chi connectivity index (χ3n) is 5.46. The second kappa shape index (κ2) is 6.88. The van der Waals surface area contributed by atoms with E-state index in [2.05, 4.69) is 30.0 Å². The molecular formula is C21H19N7OS.